The predicted octanol–water partition coefficient (Wildman–Crippen LogP) is 15.2. The van der Waals surface area contributed by atoms with Crippen LogP contribution in [0, 0.1) is 111 Å². The number of pyridine rings is 10. The molecule has 0 saturated carbocycles. The second-order valence-corrected chi connectivity index (χ2v) is 22.9. The summed E-state index contributed by atoms with van der Waals surface area (Å²) in [6.45, 7) is 33.8. The molecule has 0 bridgehead atoms. The van der Waals surface area contributed by atoms with Crippen LogP contribution in [-0.4, -0.2) is 49.8 Å². The van der Waals surface area contributed by atoms with Crippen molar-refractivity contribution in [2.75, 3.05) is 0 Å². The van der Waals surface area contributed by atoms with Gasteiger partial charge in [0.25, 0.3) is 0 Å². The zero-order chi connectivity index (χ0) is 57.3. The number of hydrogen-bond acceptors (Lipinski definition) is 10. The van der Waals surface area contributed by atoms with Gasteiger partial charge in [0.15, 0.2) is 0 Å². The summed E-state index contributed by atoms with van der Waals surface area (Å²) in [7, 11) is 0. The molecule has 10 aromatic rings. The monoisotopic (exact) mass is 1060 g/mol. The Bertz CT molecular complexity index is 4230. The Kier molecular flexibility index (Phi) is 14.5. The molecule has 0 unspecified atom stereocenters. The number of aromatic nitrogens is 10. The van der Waals surface area contributed by atoms with Crippen molar-refractivity contribution in [1.82, 2.24) is 49.8 Å². The topological polar surface area (TPSA) is 129 Å². The lowest BCUT2D eigenvalue weighted by Gasteiger charge is -2.10. The third-order valence-electron chi connectivity index (χ3n) is 17.6. The molecule has 10 heteroatoms. The third-order valence-corrected chi connectivity index (χ3v) is 17.6. The number of aryl methyl sites for hydroxylation is 12. The van der Waals surface area contributed by atoms with Gasteiger partial charge in [0.05, 0.1) is 56.9 Å². The van der Waals surface area contributed by atoms with E-state index in [1.54, 1.807) is 0 Å². The molecule has 10 nitrogen and oxygen atoms in total. The number of hydrogen-bond donors (Lipinski definition) is 0. The number of nitrogens with zero attached hydrogens (tertiary/aromatic N) is 10. The van der Waals surface area contributed by atoms with E-state index < -0.39 is 0 Å². The highest BCUT2D eigenvalue weighted by Crippen LogP contribution is 2.42. The molecule has 0 amide bonds. The molecule has 0 saturated heterocycles. The Morgan fingerprint density at radius 3 is 1.33 bits per heavy atom. The SMILES string of the molecule is Cc1cc2c(nc1C)Cc1c-2nc(C)c(C)c1C.Cc1cc2c(nc1C)Cc1nccc(C)c1-2.Cc1cc2c(nc1C)Cc1ncccc1-2.Cc1cnc2c(c1)-c1cc(C)c(C)nc1C2.Cc1nc2c(c(C)c1C)-c1cccnc1C2. The van der Waals surface area contributed by atoms with Crippen LogP contribution in [-0.2, 0) is 32.1 Å². The van der Waals surface area contributed by atoms with Gasteiger partial charge in [-0.1, -0.05) is 12.1 Å². The van der Waals surface area contributed by atoms with Gasteiger partial charge in [0.2, 0.25) is 0 Å². The smallest absolute Gasteiger partial charge is 0.0762 e. The van der Waals surface area contributed by atoms with Gasteiger partial charge in [-0.05, 0) is 221 Å². The zero-order valence-corrected chi connectivity index (χ0v) is 50.1. The van der Waals surface area contributed by atoms with E-state index in [2.05, 4.69) is 199 Å². The fourth-order valence-corrected chi connectivity index (χ4v) is 11.9. The molecule has 10 heterocycles. The second-order valence-electron chi connectivity index (χ2n) is 22.9. The molecule has 0 atom stereocenters. The molecule has 0 spiro atoms. The summed E-state index contributed by atoms with van der Waals surface area (Å²) in [4.78, 5) is 45.9. The molecule has 0 aliphatic heterocycles. The standard InChI is InChI=1S/C16H18N2.3C14H14N2.C13H12N2/c1-8-6-14-15(17-11(8)4)7-13-10(3)9(2)12(5)18-16(13)14;1-8-4-11-12-5-9(2)10(3)16-14(12)6-13(11)15-7-8;1-8-4-5-15-13-7-12-11(14(8)13)6-9(2)10(3)16-12;1-8-9(2)14-11-5-4-6-15-12(11)7-13(14)16-10(8)3;1-8-6-11-10-4-3-5-14-12(10)7-13(11)15-9(8)2/h6H,7H2,1-5H3;4-5,7H,6H2,1-3H3;2*4-6H,7H2,1-3H3;3-6H,7H2,1-2H3. The maximum absolute atomic E-state index is 4.79. The molecular formula is C71H72N10. The Morgan fingerprint density at radius 1 is 0.284 bits per heavy atom. The number of rotatable bonds is 0. The van der Waals surface area contributed by atoms with Crippen molar-refractivity contribution in [3.05, 3.63) is 232 Å². The van der Waals surface area contributed by atoms with Crippen LogP contribution < -0.4 is 0 Å². The van der Waals surface area contributed by atoms with Crippen molar-refractivity contribution in [2.45, 2.75) is 143 Å². The summed E-state index contributed by atoms with van der Waals surface area (Å²) >= 11 is 0. The van der Waals surface area contributed by atoms with E-state index in [0.29, 0.717) is 0 Å². The van der Waals surface area contributed by atoms with Gasteiger partial charge in [-0.25, -0.2) is 0 Å². The Hall–Kier alpha value is -8.50. The first-order valence-electron chi connectivity index (χ1n) is 28.4. The molecule has 0 N–H and O–H groups in total. The van der Waals surface area contributed by atoms with Gasteiger partial charge in [-0.15, -0.1) is 0 Å². The van der Waals surface area contributed by atoms with E-state index in [1.165, 1.54) is 145 Å². The van der Waals surface area contributed by atoms with Gasteiger partial charge in [-0.3, -0.25) is 49.8 Å². The fraction of sp³-hybridized carbons (Fsp3) is 0.296. The molecule has 10 aromatic heterocycles. The first-order valence-corrected chi connectivity index (χ1v) is 28.4. The summed E-state index contributed by atoms with van der Waals surface area (Å²) < 4.78 is 0. The quantitative estimate of drug-likeness (QED) is 0.145. The largest absolute Gasteiger partial charge is 0.260 e. The highest BCUT2D eigenvalue weighted by Gasteiger charge is 2.28. The van der Waals surface area contributed by atoms with Crippen molar-refractivity contribution >= 4 is 0 Å². The summed E-state index contributed by atoms with van der Waals surface area (Å²) in [5.41, 5.74) is 44.2. The van der Waals surface area contributed by atoms with Crippen LogP contribution in [0.15, 0.2) is 85.5 Å². The fourth-order valence-electron chi connectivity index (χ4n) is 11.9. The summed E-state index contributed by atoms with van der Waals surface area (Å²) in [5.74, 6) is 0. The maximum atomic E-state index is 4.79. The van der Waals surface area contributed by atoms with Crippen molar-refractivity contribution in [3.8, 4) is 55.8 Å². The van der Waals surface area contributed by atoms with Gasteiger partial charge >= 0.3 is 0 Å². The van der Waals surface area contributed by atoms with Crippen molar-refractivity contribution in [1.29, 1.82) is 0 Å². The Morgan fingerprint density at radius 2 is 0.716 bits per heavy atom. The highest BCUT2D eigenvalue weighted by molar-refractivity contribution is 5.80. The molecule has 0 aromatic carbocycles. The summed E-state index contributed by atoms with van der Waals surface area (Å²) in [5, 5.41) is 0. The van der Waals surface area contributed by atoms with Gasteiger partial charge in [0.1, 0.15) is 0 Å². The van der Waals surface area contributed by atoms with E-state index >= 15 is 0 Å². The minimum Gasteiger partial charge on any atom is -0.260 e. The first kappa shape index (κ1) is 54.5. The minimum atomic E-state index is 0.881. The van der Waals surface area contributed by atoms with Crippen LogP contribution in [0.1, 0.15) is 147 Å². The van der Waals surface area contributed by atoms with Crippen LogP contribution in [0.25, 0.3) is 55.8 Å². The lowest BCUT2D eigenvalue weighted by atomic mass is 9.99. The van der Waals surface area contributed by atoms with Crippen LogP contribution >= 0.6 is 0 Å². The molecule has 0 fully saturated rings. The number of fused-ring (bicyclic) bond motifs is 15. The van der Waals surface area contributed by atoms with Gasteiger partial charge in [0, 0.05) is 141 Å². The molecule has 81 heavy (non-hydrogen) atoms. The molecular weight excluding hydrogens is 993 g/mol. The van der Waals surface area contributed by atoms with E-state index in [4.69, 9.17) is 9.97 Å². The second kappa shape index (κ2) is 21.5. The molecule has 5 aliphatic rings. The average molecular weight is 1070 g/mol. The Balaban J connectivity index is 0.000000107. The molecule has 0 radical (unpaired) electrons. The van der Waals surface area contributed by atoms with E-state index in [0.717, 1.165) is 89.0 Å². The van der Waals surface area contributed by atoms with E-state index in [-0.39, 0.29) is 0 Å². The predicted molar refractivity (Wildman–Crippen MR) is 327 cm³/mol. The van der Waals surface area contributed by atoms with Crippen molar-refractivity contribution in [3.63, 3.8) is 0 Å². The maximum Gasteiger partial charge on any atom is 0.0762 e. The minimum absolute atomic E-state index is 0.881. The lowest BCUT2D eigenvalue weighted by molar-refractivity contribution is 1.01. The molecule has 15 rings (SSSR count). The van der Waals surface area contributed by atoms with E-state index in [1.807, 2.05) is 36.9 Å². The molecule has 5 aliphatic carbocycles. The van der Waals surface area contributed by atoms with Crippen LogP contribution in [0.5, 0.6) is 0 Å². The highest BCUT2D eigenvalue weighted by atomic mass is 14.8. The third kappa shape index (κ3) is 10.1. The molecule has 406 valence electrons. The van der Waals surface area contributed by atoms with E-state index in [9.17, 15) is 0 Å². The summed E-state index contributed by atoms with van der Waals surface area (Å²) in [6, 6.07) is 21.5. The Labute approximate surface area is 478 Å². The first-order chi connectivity index (χ1) is 38.7. The average Bonchev–Trinajstić information content (AvgIpc) is 4.33. The summed E-state index contributed by atoms with van der Waals surface area (Å²) in [6.07, 6.45) is 12.0. The van der Waals surface area contributed by atoms with Crippen LogP contribution in [0.3, 0.4) is 0 Å². The van der Waals surface area contributed by atoms with Crippen LogP contribution in [0.4, 0.5) is 0 Å². The van der Waals surface area contributed by atoms with Gasteiger partial charge in [-0.2, -0.15) is 0 Å². The van der Waals surface area contributed by atoms with Crippen LogP contribution in [0.2, 0.25) is 0 Å². The van der Waals surface area contributed by atoms with Gasteiger partial charge < -0.3 is 0 Å². The van der Waals surface area contributed by atoms with Crippen molar-refractivity contribution < 1.29 is 0 Å². The lowest BCUT2D eigenvalue weighted by Crippen LogP contribution is -1.97. The normalized spacial score (nSPS) is 12.4. The van der Waals surface area contributed by atoms with Crippen molar-refractivity contribution in [2.24, 2.45) is 0 Å². The zero-order valence-electron chi connectivity index (χ0n) is 50.1.